The smallest absolute Gasteiger partial charge is 0.280 e. The van der Waals surface area contributed by atoms with E-state index >= 15 is 0 Å². The highest BCUT2D eigenvalue weighted by molar-refractivity contribution is 5.99. The number of aliphatic imine (C=N–C) groups is 1. The third-order valence-electron chi connectivity index (χ3n) is 5.86. The molecule has 33 heavy (non-hydrogen) atoms. The van der Waals surface area contributed by atoms with Crippen LogP contribution in [0.3, 0.4) is 0 Å². The summed E-state index contributed by atoms with van der Waals surface area (Å²) in [7, 11) is 3.30. The number of nitrogens with one attached hydrogen (secondary N) is 2. The third kappa shape index (κ3) is 4.58. The van der Waals surface area contributed by atoms with Crippen LogP contribution in [0.25, 0.3) is 16.6 Å². The van der Waals surface area contributed by atoms with Crippen molar-refractivity contribution in [1.82, 2.24) is 14.8 Å². The predicted molar refractivity (Wildman–Crippen MR) is 133 cm³/mol. The van der Waals surface area contributed by atoms with Crippen molar-refractivity contribution in [3.63, 3.8) is 0 Å². The summed E-state index contributed by atoms with van der Waals surface area (Å²) in [5, 5.41) is 4.43. The second kappa shape index (κ2) is 9.81. The van der Waals surface area contributed by atoms with Gasteiger partial charge >= 0.3 is 0 Å². The minimum absolute atomic E-state index is 0.0818. The number of methoxy groups -OCH3 is 2. The number of aromatic amines is 2. The van der Waals surface area contributed by atoms with Crippen LogP contribution in [0.1, 0.15) is 37.1 Å². The first-order valence-electron chi connectivity index (χ1n) is 11.2. The van der Waals surface area contributed by atoms with Crippen molar-refractivity contribution >= 4 is 16.6 Å². The van der Waals surface area contributed by atoms with E-state index in [0.717, 1.165) is 58.8 Å². The van der Waals surface area contributed by atoms with E-state index in [-0.39, 0.29) is 5.56 Å². The van der Waals surface area contributed by atoms with Crippen molar-refractivity contribution in [3.05, 3.63) is 75.8 Å². The SMILES string of the molecule is CCCc1[nH]n(-c2ccc(OC)cc2)c(=O)c1C(C)=NCCc1c[nH]c2ccc(OC)cc12. The molecule has 0 aliphatic heterocycles. The molecule has 0 saturated carbocycles. The molecule has 0 spiro atoms. The maximum absolute atomic E-state index is 13.3. The van der Waals surface area contributed by atoms with Gasteiger partial charge in [0.05, 0.1) is 25.5 Å². The van der Waals surface area contributed by atoms with Crippen molar-refractivity contribution in [2.75, 3.05) is 20.8 Å². The van der Waals surface area contributed by atoms with Crippen molar-refractivity contribution in [2.45, 2.75) is 33.1 Å². The number of aryl methyl sites for hydroxylation is 1. The highest BCUT2D eigenvalue weighted by atomic mass is 16.5. The average molecular weight is 447 g/mol. The minimum atomic E-state index is -0.0818. The van der Waals surface area contributed by atoms with Gasteiger partial charge in [0, 0.05) is 35.1 Å². The molecule has 172 valence electrons. The summed E-state index contributed by atoms with van der Waals surface area (Å²) in [5.74, 6) is 1.58. The molecule has 2 aromatic heterocycles. The molecule has 4 rings (SSSR count). The maximum atomic E-state index is 13.3. The van der Waals surface area contributed by atoms with Crippen molar-refractivity contribution < 1.29 is 9.47 Å². The Morgan fingerprint density at radius 2 is 1.76 bits per heavy atom. The van der Waals surface area contributed by atoms with Gasteiger partial charge in [-0.3, -0.25) is 14.9 Å². The summed E-state index contributed by atoms with van der Waals surface area (Å²) >= 11 is 0. The number of hydrogen-bond acceptors (Lipinski definition) is 4. The molecule has 2 N–H and O–H groups in total. The van der Waals surface area contributed by atoms with E-state index in [1.54, 1.807) is 18.9 Å². The molecule has 7 nitrogen and oxygen atoms in total. The number of rotatable bonds is 9. The summed E-state index contributed by atoms with van der Waals surface area (Å²) in [6.07, 6.45) is 4.50. The summed E-state index contributed by atoms with van der Waals surface area (Å²) in [6, 6.07) is 13.4. The molecule has 0 bridgehead atoms. The van der Waals surface area contributed by atoms with Crippen LogP contribution in [0, 0.1) is 0 Å². The topological polar surface area (TPSA) is 84.4 Å². The first-order chi connectivity index (χ1) is 16.0. The third-order valence-corrected chi connectivity index (χ3v) is 5.86. The van der Waals surface area contributed by atoms with Gasteiger partial charge in [-0.05, 0) is 67.8 Å². The normalized spacial score (nSPS) is 11.8. The highest BCUT2D eigenvalue weighted by Crippen LogP contribution is 2.24. The van der Waals surface area contributed by atoms with Crippen LogP contribution in [0.2, 0.25) is 0 Å². The second-order valence-electron chi connectivity index (χ2n) is 8.00. The largest absolute Gasteiger partial charge is 0.497 e. The Hall–Kier alpha value is -3.74. The van der Waals surface area contributed by atoms with E-state index in [2.05, 4.69) is 17.0 Å². The lowest BCUT2D eigenvalue weighted by atomic mass is 10.1. The highest BCUT2D eigenvalue weighted by Gasteiger charge is 2.17. The average Bonchev–Trinajstić information content (AvgIpc) is 3.39. The van der Waals surface area contributed by atoms with Crippen LogP contribution < -0.4 is 15.0 Å². The van der Waals surface area contributed by atoms with Gasteiger partial charge in [0.15, 0.2) is 0 Å². The number of ether oxygens (including phenoxy) is 2. The number of H-pyrrole nitrogens is 2. The number of aromatic nitrogens is 3. The summed E-state index contributed by atoms with van der Waals surface area (Å²) in [4.78, 5) is 21.4. The van der Waals surface area contributed by atoms with Crippen LogP contribution in [0.5, 0.6) is 11.5 Å². The monoisotopic (exact) mass is 446 g/mol. The van der Waals surface area contributed by atoms with Crippen LogP contribution >= 0.6 is 0 Å². The van der Waals surface area contributed by atoms with Crippen LogP contribution in [-0.4, -0.2) is 41.2 Å². The Balaban J connectivity index is 1.59. The molecule has 0 radical (unpaired) electrons. The fourth-order valence-corrected chi connectivity index (χ4v) is 4.11. The van der Waals surface area contributed by atoms with Gasteiger partial charge in [-0.2, -0.15) is 0 Å². The molecule has 0 unspecified atom stereocenters. The van der Waals surface area contributed by atoms with Crippen molar-refractivity contribution in [1.29, 1.82) is 0 Å². The Morgan fingerprint density at radius 1 is 1.03 bits per heavy atom. The fraction of sp³-hybridized carbons (Fsp3) is 0.308. The number of fused-ring (bicyclic) bond motifs is 1. The van der Waals surface area contributed by atoms with Gasteiger partial charge < -0.3 is 14.5 Å². The zero-order valence-corrected chi connectivity index (χ0v) is 19.6. The van der Waals surface area contributed by atoms with Crippen LogP contribution in [0.15, 0.2) is 58.4 Å². The van der Waals surface area contributed by atoms with E-state index in [4.69, 9.17) is 14.5 Å². The second-order valence-corrected chi connectivity index (χ2v) is 8.00. The van der Waals surface area contributed by atoms with Gasteiger partial charge in [0.1, 0.15) is 11.5 Å². The van der Waals surface area contributed by atoms with Gasteiger partial charge in [-0.15, -0.1) is 0 Å². The molecular weight excluding hydrogens is 416 g/mol. The Kier molecular flexibility index (Phi) is 6.68. The lowest BCUT2D eigenvalue weighted by molar-refractivity contribution is 0.414. The van der Waals surface area contributed by atoms with Crippen LogP contribution in [0.4, 0.5) is 0 Å². The van der Waals surface area contributed by atoms with Gasteiger partial charge in [-0.25, -0.2) is 4.68 Å². The van der Waals surface area contributed by atoms with E-state index in [0.29, 0.717) is 12.1 Å². The molecule has 0 amide bonds. The van der Waals surface area contributed by atoms with E-state index in [1.807, 2.05) is 55.6 Å². The molecule has 4 aromatic rings. The quantitative estimate of drug-likeness (QED) is 0.367. The Labute approximate surface area is 193 Å². The zero-order valence-electron chi connectivity index (χ0n) is 19.6. The van der Waals surface area contributed by atoms with Gasteiger partial charge in [0.2, 0.25) is 0 Å². The van der Waals surface area contributed by atoms with Crippen molar-refractivity contribution in [3.8, 4) is 17.2 Å². The number of hydrogen-bond donors (Lipinski definition) is 2. The summed E-state index contributed by atoms with van der Waals surface area (Å²) in [5.41, 5.74) is 5.27. The predicted octanol–water partition coefficient (Wildman–Crippen LogP) is 4.67. The minimum Gasteiger partial charge on any atom is -0.497 e. The molecule has 7 heteroatoms. The standard InChI is InChI=1S/C26H30N4O3/c1-5-6-24-25(26(31)30(29-24)19-7-9-20(32-3)10-8-19)17(2)27-14-13-18-16-28-23-12-11-21(33-4)15-22(18)23/h7-12,15-16,28-29H,5-6,13-14H2,1-4H3. The molecule has 0 saturated heterocycles. The molecule has 0 aliphatic rings. The number of benzene rings is 2. The molecule has 0 atom stereocenters. The van der Waals surface area contributed by atoms with Crippen LogP contribution in [-0.2, 0) is 12.8 Å². The maximum Gasteiger partial charge on any atom is 0.280 e. The molecule has 2 aromatic carbocycles. The van der Waals surface area contributed by atoms with E-state index in [1.165, 1.54) is 5.56 Å². The Morgan fingerprint density at radius 3 is 2.45 bits per heavy atom. The lowest BCUT2D eigenvalue weighted by Gasteiger charge is -2.03. The summed E-state index contributed by atoms with van der Waals surface area (Å²) < 4.78 is 12.2. The fourth-order valence-electron chi connectivity index (χ4n) is 4.11. The lowest BCUT2D eigenvalue weighted by Crippen LogP contribution is -2.20. The van der Waals surface area contributed by atoms with Gasteiger partial charge in [-0.1, -0.05) is 13.3 Å². The van der Waals surface area contributed by atoms with E-state index in [9.17, 15) is 4.79 Å². The molecule has 2 heterocycles. The summed E-state index contributed by atoms with van der Waals surface area (Å²) in [6.45, 7) is 4.61. The van der Waals surface area contributed by atoms with Gasteiger partial charge in [0.25, 0.3) is 5.56 Å². The Bertz CT molecular complexity index is 1330. The first-order valence-corrected chi connectivity index (χ1v) is 11.2. The molecular formula is C26H30N4O3. The van der Waals surface area contributed by atoms with Crippen molar-refractivity contribution in [2.24, 2.45) is 4.99 Å². The number of nitrogens with zero attached hydrogens (tertiary/aromatic N) is 2. The molecule has 0 fully saturated rings. The zero-order chi connectivity index (χ0) is 23.4. The molecule has 0 aliphatic carbocycles. The first kappa shape index (κ1) is 22.5. The van der Waals surface area contributed by atoms with E-state index < -0.39 is 0 Å².